The van der Waals surface area contributed by atoms with Gasteiger partial charge < -0.3 is 14.4 Å². The number of hydrogen-bond acceptors (Lipinski definition) is 5. The van der Waals surface area contributed by atoms with Gasteiger partial charge in [-0.3, -0.25) is 0 Å². The summed E-state index contributed by atoms with van der Waals surface area (Å²) in [6, 6.07) is 0. The third kappa shape index (κ3) is 5.79. The predicted molar refractivity (Wildman–Crippen MR) is 65.1 cm³/mol. The van der Waals surface area contributed by atoms with Crippen molar-refractivity contribution >= 4 is 35.1 Å². The van der Waals surface area contributed by atoms with Crippen LogP contribution < -0.4 is 0 Å². The molecule has 0 aromatic heterocycles. The molecule has 0 aliphatic rings. The highest BCUT2D eigenvalue weighted by molar-refractivity contribution is 6.18. The molecule has 0 aliphatic carbocycles. The lowest BCUT2D eigenvalue weighted by Crippen LogP contribution is -2.32. The van der Waals surface area contributed by atoms with Crippen molar-refractivity contribution < 1.29 is 19.1 Å². The number of carbonyl (C=O) groups is 2. The van der Waals surface area contributed by atoms with Gasteiger partial charge in [-0.25, -0.2) is 9.59 Å². The zero-order chi connectivity index (χ0) is 13.3. The van der Waals surface area contributed by atoms with E-state index in [2.05, 4.69) is 9.47 Å². The molecular weight excluding hydrogens is 269 g/mol. The first-order valence-electron chi connectivity index (χ1n) is 4.85. The minimum absolute atomic E-state index is 0.0839. The van der Waals surface area contributed by atoms with Crippen LogP contribution in [-0.2, 0) is 19.1 Å². The second kappa shape index (κ2) is 9.13. The fourth-order valence-electron chi connectivity index (χ4n) is 1.11. The first-order chi connectivity index (χ1) is 8.10. The molecule has 17 heavy (non-hydrogen) atoms. The summed E-state index contributed by atoms with van der Waals surface area (Å²) in [6.45, 7) is 0.762. The summed E-state index contributed by atoms with van der Waals surface area (Å²) in [5.74, 6) is -0.677. The van der Waals surface area contributed by atoms with E-state index in [0.29, 0.717) is 24.8 Å². The maximum atomic E-state index is 11.5. The molecule has 0 heterocycles. The van der Waals surface area contributed by atoms with Crippen LogP contribution in [-0.4, -0.2) is 55.9 Å². The van der Waals surface area contributed by atoms with Crippen molar-refractivity contribution in [3.63, 3.8) is 0 Å². The Morgan fingerprint density at radius 3 is 2.00 bits per heavy atom. The van der Waals surface area contributed by atoms with Gasteiger partial charge in [-0.1, -0.05) is 0 Å². The molecule has 0 aromatic carbocycles. The molecule has 0 spiro atoms. The van der Waals surface area contributed by atoms with Gasteiger partial charge in [0.05, 0.1) is 20.3 Å². The van der Waals surface area contributed by atoms with E-state index < -0.39 is 11.9 Å². The summed E-state index contributed by atoms with van der Waals surface area (Å²) >= 11 is 11.2. The smallest absolute Gasteiger partial charge is 0.354 e. The molecule has 0 amide bonds. The average molecular weight is 284 g/mol. The van der Waals surface area contributed by atoms with E-state index in [0.717, 1.165) is 6.08 Å². The van der Waals surface area contributed by atoms with E-state index >= 15 is 0 Å². The van der Waals surface area contributed by atoms with Crippen molar-refractivity contribution in [3.05, 3.63) is 11.8 Å². The number of halogens is 2. The number of alkyl halides is 2. The molecule has 0 rings (SSSR count). The van der Waals surface area contributed by atoms with Gasteiger partial charge in [0, 0.05) is 24.8 Å². The van der Waals surface area contributed by atoms with Crippen LogP contribution in [0.5, 0.6) is 0 Å². The summed E-state index contributed by atoms with van der Waals surface area (Å²) in [5.41, 5.74) is 0.0839. The summed E-state index contributed by atoms with van der Waals surface area (Å²) in [6.07, 6.45) is 1.06. The van der Waals surface area contributed by atoms with Gasteiger partial charge in [-0.15, -0.1) is 23.2 Å². The topological polar surface area (TPSA) is 55.8 Å². The normalized spacial score (nSPS) is 10.9. The third-order valence-electron chi connectivity index (χ3n) is 1.90. The summed E-state index contributed by atoms with van der Waals surface area (Å²) in [4.78, 5) is 24.3. The van der Waals surface area contributed by atoms with E-state index in [-0.39, 0.29) is 5.70 Å². The Bertz CT molecular complexity index is 288. The van der Waals surface area contributed by atoms with E-state index in [4.69, 9.17) is 23.2 Å². The Kier molecular flexibility index (Phi) is 8.62. The SMILES string of the molecule is COC(=O)C=C(C(=O)OC)N(CCCl)CCCl. The minimum Gasteiger partial charge on any atom is -0.466 e. The zero-order valence-electron chi connectivity index (χ0n) is 9.74. The predicted octanol–water partition coefficient (Wildman–Crippen LogP) is 0.996. The Morgan fingerprint density at radius 1 is 1.12 bits per heavy atom. The lowest BCUT2D eigenvalue weighted by atomic mass is 10.3. The lowest BCUT2D eigenvalue weighted by Gasteiger charge is -2.23. The Morgan fingerprint density at radius 2 is 1.65 bits per heavy atom. The molecule has 0 unspecified atom stereocenters. The fourth-order valence-corrected chi connectivity index (χ4v) is 1.52. The highest BCUT2D eigenvalue weighted by Crippen LogP contribution is 2.08. The summed E-state index contributed by atoms with van der Waals surface area (Å²) < 4.78 is 9.05. The molecule has 0 fully saturated rings. The standard InChI is InChI=1S/C10H15Cl2NO4/c1-16-9(14)7-8(10(15)17-2)13(5-3-11)6-4-12/h7H,3-6H2,1-2H3. The van der Waals surface area contributed by atoms with Gasteiger partial charge in [0.25, 0.3) is 0 Å². The molecule has 5 nitrogen and oxygen atoms in total. The van der Waals surface area contributed by atoms with Gasteiger partial charge in [0.15, 0.2) is 0 Å². The minimum atomic E-state index is -0.639. The first kappa shape index (κ1) is 16.1. The van der Waals surface area contributed by atoms with Gasteiger partial charge >= 0.3 is 11.9 Å². The van der Waals surface area contributed by atoms with Crippen LogP contribution in [0.15, 0.2) is 11.8 Å². The first-order valence-corrected chi connectivity index (χ1v) is 5.92. The lowest BCUT2D eigenvalue weighted by molar-refractivity contribution is -0.140. The summed E-state index contributed by atoms with van der Waals surface area (Å²) in [7, 11) is 2.45. The van der Waals surface area contributed by atoms with Gasteiger partial charge in [0.1, 0.15) is 5.70 Å². The molecule has 0 bridgehead atoms. The van der Waals surface area contributed by atoms with Crippen LogP contribution in [0, 0.1) is 0 Å². The van der Waals surface area contributed by atoms with Crippen LogP contribution in [0.3, 0.4) is 0 Å². The van der Waals surface area contributed by atoms with Gasteiger partial charge in [-0.05, 0) is 0 Å². The Hall–Kier alpha value is -0.940. The molecule has 7 heteroatoms. The molecule has 0 aliphatic heterocycles. The largest absolute Gasteiger partial charge is 0.466 e. The van der Waals surface area contributed by atoms with Crippen molar-refractivity contribution in [2.45, 2.75) is 0 Å². The van der Waals surface area contributed by atoms with Crippen LogP contribution in [0.4, 0.5) is 0 Å². The molecule has 98 valence electrons. The number of methoxy groups -OCH3 is 2. The van der Waals surface area contributed by atoms with Crippen molar-refractivity contribution in [1.29, 1.82) is 0 Å². The fraction of sp³-hybridized carbons (Fsp3) is 0.600. The van der Waals surface area contributed by atoms with Crippen LogP contribution >= 0.6 is 23.2 Å². The molecule has 0 atom stereocenters. The third-order valence-corrected chi connectivity index (χ3v) is 2.24. The number of carbonyl (C=O) groups excluding carboxylic acids is 2. The molecular formula is C10H15Cl2NO4. The Balaban J connectivity index is 5.03. The number of rotatable bonds is 7. The maximum Gasteiger partial charge on any atom is 0.354 e. The van der Waals surface area contributed by atoms with E-state index in [1.54, 1.807) is 4.90 Å². The number of ether oxygens (including phenoxy) is 2. The second-order valence-electron chi connectivity index (χ2n) is 2.91. The van der Waals surface area contributed by atoms with Crippen molar-refractivity contribution in [3.8, 4) is 0 Å². The molecule has 0 aromatic rings. The molecule has 0 N–H and O–H groups in total. The molecule has 0 saturated carbocycles. The zero-order valence-corrected chi connectivity index (χ0v) is 11.3. The van der Waals surface area contributed by atoms with Crippen LogP contribution in [0.25, 0.3) is 0 Å². The second-order valence-corrected chi connectivity index (χ2v) is 3.67. The molecule has 0 radical (unpaired) electrons. The maximum absolute atomic E-state index is 11.5. The van der Waals surface area contributed by atoms with E-state index in [1.165, 1.54) is 14.2 Å². The van der Waals surface area contributed by atoms with Gasteiger partial charge in [-0.2, -0.15) is 0 Å². The number of nitrogens with zero attached hydrogens (tertiary/aromatic N) is 1. The van der Waals surface area contributed by atoms with E-state index in [9.17, 15) is 9.59 Å². The van der Waals surface area contributed by atoms with Crippen LogP contribution in [0.2, 0.25) is 0 Å². The average Bonchev–Trinajstić information content (AvgIpc) is 2.34. The number of hydrogen-bond donors (Lipinski definition) is 0. The molecule has 0 saturated heterocycles. The summed E-state index contributed by atoms with van der Waals surface area (Å²) in [5, 5.41) is 0. The monoisotopic (exact) mass is 283 g/mol. The quantitative estimate of drug-likeness (QED) is 0.396. The van der Waals surface area contributed by atoms with Gasteiger partial charge in [0.2, 0.25) is 0 Å². The highest BCUT2D eigenvalue weighted by Gasteiger charge is 2.19. The van der Waals surface area contributed by atoms with E-state index in [1.807, 2.05) is 0 Å². The van der Waals surface area contributed by atoms with Crippen molar-refractivity contribution in [2.75, 3.05) is 39.1 Å². The van der Waals surface area contributed by atoms with Crippen molar-refractivity contribution in [1.82, 2.24) is 4.90 Å². The van der Waals surface area contributed by atoms with Crippen LogP contribution in [0.1, 0.15) is 0 Å². The Labute approximate surface area is 110 Å². The highest BCUT2D eigenvalue weighted by atomic mass is 35.5. The van der Waals surface area contributed by atoms with Crippen molar-refractivity contribution in [2.24, 2.45) is 0 Å². The number of esters is 2.